The maximum absolute atomic E-state index is 15.0. The molecule has 1 fully saturated rings. The molecular formula is C22H22F2N6O. The molecule has 2 aromatic heterocycles. The number of anilines is 1. The summed E-state index contributed by atoms with van der Waals surface area (Å²) in [5.74, 6) is 0.0715. The summed E-state index contributed by atoms with van der Waals surface area (Å²) in [5, 5.41) is 26.2. The minimum absolute atomic E-state index is 0.0263. The number of aromatic hydroxyl groups is 1. The second-order valence-electron chi connectivity index (χ2n) is 8.35. The van der Waals surface area contributed by atoms with Gasteiger partial charge < -0.3 is 10.0 Å². The molecule has 2 aliphatic rings. The summed E-state index contributed by atoms with van der Waals surface area (Å²) in [7, 11) is 1.82. The molecule has 4 atom stereocenters. The fourth-order valence-corrected chi connectivity index (χ4v) is 4.39. The van der Waals surface area contributed by atoms with Crippen molar-refractivity contribution in [2.75, 3.05) is 11.9 Å². The summed E-state index contributed by atoms with van der Waals surface area (Å²) in [4.78, 5) is 1.83. The highest BCUT2D eigenvalue weighted by atomic mass is 19.1. The second kappa shape index (κ2) is 7.12. The average molecular weight is 424 g/mol. The van der Waals surface area contributed by atoms with E-state index in [-0.39, 0.29) is 23.4 Å². The minimum Gasteiger partial charge on any atom is -0.507 e. The molecule has 0 saturated carbocycles. The minimum atomic E-state index is -1.05. The molecule has 160 valence electrons. The number of nitrogens with zero attached hydrogens (tertiary/aromatic N) is 5. The molecule has 0 radical (unpaired) electrons. The van der Waals surface area contributed by atoms with Crippen LogP contribution in [0.4, 0.5) is 14.6 Å². The Balaban J connectivity index is 1.36. The van der Waals surface area contributed by atoms with Gasteiger partial charge in [0, 0.05) is 24.2 Å². The molecular weight excluding hydrogens is 402 g/mol. The first kappa shape index (κ1) is 19.6. The number of fused-ring (bicyclic) bond motifs is 2. The van der Waals surface area contributed by atoms with Crippen LogP contribution in [0, 0.1) is 5.82 Å². The van der Waals surface area contributed by atoms with Gasteiger partial charge >= 0.3 is 0 Å². The van der Waals surface area contributed by atoms with Gasteiger partial charge in [-0.25, -0.2) is 13.5 Å². The number of benzene rings is 1. The van der Waals surface area contributed by atoms with Crippen molar-refractivity contribution in [2.45, 2.75) is 37.1 Å². The number of piperidine rings is 1. The molecule has 0 aliphatic carbocycles. The first-order chi connectivity index (χ1) is 14.8. The topological polar surface area (TPSA) is 79.1 Å². The maximum Gasteiger partial charge on any atom is 0.161 e. The molecule has 31 heavy (non-hydrogen) atoms. The number of rotatable bonds is 4. The second-order valence-corrected chi connectivity index (χ2v) is 8.35. The molecule has 0 spiro atoms. The van der Waals surface area contributed by atoms with Crippen molar-refractivity contribution in [3.63, 3.8) is 0 Å². The highest BCUT2D eigenvalue weighted by molar-refractivity contribution is 5.69. The molecule has 1 aromatic carbocycles. The van der Waals surface area contributed by atoms with E-state index in [2.05, 4.69) is 27.5 Å². The van der Waals surface area contributed by atoms with Crippen LogP contribution in [0.15, 0.2) is 54.9 Å². The van der Waals surface area contributed by atoms with Gasteiger partial charge in [-0.05, 0) is 37.6 Å². The smallest absolute Gasteiger partial charge is 0.161 e. The van der Waals surface area contributed by atoms with Crippen molar-refractivity contribution in [2.24, 2.45) is 0 Å². The van der Waals surface area contributed by atoms with Crippen molar-refractivity contribution in [1.29, 1.82) is 0 Å². The number of aromatic nitrogens is 4. The van der Waals surface area contributed by atoms with Gasteiger partial charge in [0.05, 0.1) is 35.9 Å². The number of phenols is 1. The van der Waals surface area contributed by atoms with Gasteiger partial charge in [0.15, 0.2) is 11.6 Å². The van der Waals surface area contributed by atoms with Crippen molar-refractivity contribution < 1.29 is 13.9 Å². The molecule has 1 saturated heterocycles. The summed E-state index contributed by atoms with van der Waals surface area (Å²) in [5.41, 5.74) is 1.26. The van der Waals surface area contributed by atoms with Gasteiger partial charge in [-0.3, -0.25) is 5.32 Å². The quantitative estimate of drug-likeness (QED) is 0.627. The van der Waals surface area contributed by atoms with Crippen LogP contribution in [0.3, 0.4) is 0 Å². The molecule has 1 unspecified atom stereocenters. The number of nitrogens with one attached hydrogen (secondary N) is 1. The van der Waals surface area contributed by atoms with E-state index < -0.39 is 12.0 Å². The summed E-state index contributed by atoms with van der Waals surface area (Å²) >= 11 is 0. The Bertz CT molecular complexity index is 1150. The van der Waals surface area contributed by atoms with E-state index in [1.165, 1.54) is 16.9 Å². The molecule has 5 rings (SSSR count). The Kier molecular flexibility index (Phi) is 4.51. The van der Waals surface area contributed by atoms with E-state index in [0.717, 1.165) is 6.20 Å². The van der Waals surface area contributed by atoms with Crippen LogP contribution >= 0.6 is 0 Å². The zero-order chi connectivity index (χ0) is 21.8. The lowest BCUT2D eigenvalue weighted by Gasteiger charge is -2.43. The first-order valence-electron chi connectivity index (χ1n) is 10.0. The van der Waals surface area contributed by atoms with E-state index >= 15 is 0 Å². The number of hydrogen-bond donors (Lipinski definition) is 2. The number of alkyl halides is 1. The molecule has 9 heteroatoms. The van der Waals surface area contributed by atoms with Gasteiger partial charge in [0.25, 0.3) is 0 Å². The third-order valence-electron chi connectivity index (χ3n) is 6.09. The van der Waals surface area contributed by atoms with E-state index in [1.807, 2.05) is 24.1 Å². The lowest BCUT2D eigenvalue weighted by atomic mass is 9.87. The fraction of sp³-hybridized carbons (Fsp3) is 0.318. The van der Waals surface area contributed by atoms with Crippen molar-refractivity contribution >= 4 is 5.82 Å². The molecule has 2 bridgehead atoms. The van der Waals surface area contributed by atoms with Gasteiger partial charge in [-0.2, -0.15) is 5.10 Å². The van der Waals surface area contributed by atoms with Crippen LogP contribution in [0.25, 0.3) is 16.9 Å². The summed E-state index contributed by atoms with van der Waals surface area (Å²) < 4.78 is 29.5. The van der Waals surface area contributed by atoms with Crippen LogP contribution < -0.4 is 10.2 Å². The largest absolute Gasteiger partial charge is 0.507 e. The molecule has 0 amide bonds. The number of hydrogen-bond acceptors (Lipinski definition) is 6. The zero-order valence-corrected chi connectivity index (χ0v) is 17.1. The molecule has 2 N–H and O–H groups in total. The molecule has 2 aliphatic heterocycles. The van der Waals surface area contributed by atoms with E-state index in [4.69, 9.17) is 0 Å². The standard InChI is InChI=1S/C22H22F2N6O/c1-22-8-7-17(26-22)21(24)18(10-22)29(2)20-6-5-16(27-28-20)15-4-3-14(9-19(15)31)30-12-13(23)11-25-30/h3-9,11-12,17-18,21,26,31H,10H2,1-2H3/t17?,18-,21+,22-/m0/s1. The first-order valence-corrected chi connectivity index (χ1v) is 10.0. The fourth-order valence-electron chi connectivity index (χ4n) is 4.39. The normalized spacial score (nSPS) is 26.9. The highest BCUT2D eigenvalue weighted by Crippen LogP contribution is 2.36. The van der Waals surface area contributed by atoms with Gasteiger partial charge in [0.1, 0.15) is 11.9 Å². The van der Waals surface area contributed by atoms with E-state index in [0.29, 0.717) is 29.2 Å². The van der Waals surface area contributed by atoms with Crippen LogP contribution in [-0.2, 0) is 0 Å². The zero-order valence-electron chi connectivity index (χ0n) is 17.1. The van der Waals surface area contributed by atoms with Crippen LogP contribution in [-0.4, -0.2) is 55.9 Å². The Labute approximate surface area is 178 Å². The molecule has 4 heterocycles. The van der Waals surface area contributed by atoms with Crippen molar-refractivity contribution in [1.82, 2.24) is 25.3 Å². The molecule has 7 nitrogen and oxygen atoms in total. The average Bonchev–Trinajstić information content (AvgIpc) is 3.34. The Hall–Kier alpha value is -3.33. The Morgan fingerprint density at radius 1 is 1.26 bits per heavy atom. The third kappa shape index (κ3) is 3.44. The molecule has 3 aromatic rings. The SMILES string of the molecule is CN(c1ccc(-c2ccc(-n3cc(F)cn3)cc2O)nn1)[C@H]1C[C@]2(C)C=CC(N2)[C@H]1F. The van der Waals surface area contributed by atoms with Gasteiger partial charge in [-0.1, -0.05) is 12.2 Å². The monoisotopic (exact) mass is 424 g/mol. The van der Waals surface area contributed by atoms with Crippen molar-refractivity contribution in [3.05, 3.63) is 60.7 Å². The summed E-state index contributed by atoms with van der Waals surface area (Å²) in [6.07, 6.45) is 5.82. The predicted octanol–water partition coefficient (Wildman–Crippen LogP) is 3.01. The Morgan fingerprint density at radius 3 is 2.77 bits per heavy atom. The predicted molar refractivity (Wildman–Crippen MR) is 112 cm³/mol. The van der Waals surface area contributed by atoms with Crippen molar-refractivity contribution in [3.8, 4) is 22.7 Å². The number of halogens is 2. The summed E-state index contributed by atoms with van der Waals surface area (Å²) in [6, 6.07) is 7.75. The van der Waals surface area contributed by atoms with Crippen LogP contribution in [0.5, 0.6) is 5.75 Å². The van der Waals surface area contributed by atoms with Crippen LogP contribution in [0.1, 0.15) is 13.3 Å². The van der Waals surface area contributed by atoms with Gasteiger partial charge in [-0.15, -0.1) is 10.2 Å². The summed E-state index contributed by atoms with van der Waals surface area (Å²) in [6.45, 7) is 2.06. The lowest BCUT2D eigenvalue weighted by molar-refractivity contribution is 0.155. The third-order valence-corrected chi connectivity index (χ3v) is 6.09. The highest BCUT2D eigenvalue weighted by Gasteiger charge is 2.46. The van der Waals surface area contributed by atoms with E-state index in [1.54, 1.807) is 24.3 Å². The Morgan fingerprint density at radius 2 is 2.10 bits per heavy atom. The lowest BCUT2D eigenvalue weighted by Crippen LogP contribution is -2.60. The van der Waals surface area contributed by atoms with Gasteiger partial charge in [0.2, 0.25) is 0 Å². The maximum atomic E-state index is 15.0. The van der Waals surface area contributed by atoms with Crippen LogP contribution in [0.2, 0.25) is 0 Å². The number of phenolic OH excluding ortho intramolecular Hbond substituents is 1. The van der Waals surface area contributed by atoms with E-state index in [9.17, 15) is 13.9 Å².